The lowest BCUT2D eigenvalue weighted by atomic mass is 9.96. The van der Waals surface area contributed by atoms with Gasteiger partial charge < -0.3 is 0 Å². The fourth-order valence-electron chi connectivity index (χ4n) is 2.31. The van der Waals surface area contributed by atoms with Gasteiger partial charge >= 0.3 is 42.7 Å². The first-order valence-corrected chi connectivity index (χ1v) is 6.88. The van der Waals surface area contributed by atoms with E-state index in [1.807, 2.05) is 0 Å². The summed E-state index contributed by atoms with van der Waals surface area (Å²) >= 11 is 0. The van der Waals surface area contributed by atoms with Crippen molar-refractivity contribution in [1.82, 2.24) is 10.4 Å². The SMILES string of the molecule is NC(NN1C(C(F)(F)F)(C(F)(F)F)C=NC1(C(F)(F)F)C(F)(F)F)(C(F)(F)F)C(F)(F)F. The molecule has 1 aliphatic rings. The van der Waals surface area contributed by atoms with Gasteiger partial charge in [0.15, 0.2) is 0 Å². The fraction of sp³-hybridized carbons (Fsp3) is 0.900. The lowest BCUT2D eigenvalue weighted by molar-refractivity contribution is -0.413. The Hall–Kier alpha value is -1.71. The van der Waals surface area contributed by atoms with Crippen molar-refractivity contribution in [1.29, 1.82) is 0 Å². The van der Waals surface area contributed by atoms with E-state index >= 15 is 0 Å². The van der Waals surface area contributed by atoms with E-state index in [2.05, 4.69) is 5.73 Å². The first-order valence-electron chi connectivity index (χ1n) is 6.88. The summed E-state index contributed by atoms with van der Waals surface area (Å²) in [6.45, 7) is 0. The van der Waals surface area contributed by atoms with Crippen LogP contribution in [-0.2, 0) is 0 Å². The Kier molecular flexibility index (Phi) is 6.11. The van der Waals surface area contributed by atoms with Crippen LogP contribution in [0.25, 0.3) is 0 Å². The van der Waals surface area contributed by atoms with Crippen LogP contribution in [0.3, 0.4) is 0 Å². The van der Waals surface area contributed by atoms with Gasteiger partial charge in [0.25, 0.3) is 11.2 Å². The largest absolute Gasteiger partial charge is 0.437 e. The van der Waals surface area contributed by atoms with Crippen molar-refractivity contribution < 1.29 is 79.0 Å². The van der Waals surface area contributed by atoms with E-state index in [1.165, 1.54) is 0 Å². The molecule has 32 heavy (non-hydrogen) atoms. The summed E-state index contributed by atoms with van der Waals surface area (Å²) in [4.78, 5) is 1.08. The Bertz CT molecular complexity index is 646. The molecule has 0 aromatic rings. The molecule has 1 rings (SSSR count). The van der Waals surface area contributed by atoms with E-state index in [0.717, 1.165) is 4.99 Å². The number of halogens is 18. The standard InChI is InChI=1S/C10H4F18N4/c11-5(12,13)2(6(14,15)16)1-30-4(9(23,24)25,10(26,27)28)32(2)31-3(29,7(17,18)19)8(20,21)22/h1,31H,29H2. The molecule has 1 aliphatic heterocycles. The molecule has 190 valence electrons. The maximum Gasteiger partial charge on any atom is 0.437 e. The number of hydrogen-bond acceptors (Lipinski definition) is 4. The number of hydrogen-bond donors (Lipinski definition) is 2. The van der Waals surface area contributed by atoms with E-state index < -0.39 is 70.6 Å². The summed E-state index contributed by atoms with van der Waals surface area (Å²) in [5.41, 5.74) is -17.8. The second-order valence-corrected chi connectivity index (χ2v) is 5.94. The summed E-state index contributed by atoms with van der Waals surface area (Å²) in [5.74, 6) is 0. The van der Waals surface area contributed by atoms with Crippen LogP contribution in [-0.4, -0.2) is 65.1 Å². The summed E-state index contributed by atoms with van der Waals surface area (Å²) < 4.78 is 236. The molecule has 0 aliphatic carbocycles. The van der Waals surface area contributed by atoms with Crippen LogP contribution in [0.4, 0.5) is 79.0 Å². The van der Waals surface area contributed by atoms with E-state index in [-0.39, 0.29) is 0 Å². The zero-order valence-corrected chi connectivity index (χ0v) is 13.9. The Morgan fingerprint density at radius 3 is 1.12 bits per heavy atom. The zero-order valence-electron chi connectivity index (χ0n) is 13.9. The second kappa shape index (κ2) is 6.90. The number of alkyl halides is 18. The van der Waals surface area contributed by atoms with Gasteiger partial charge in [-0.1, -0.05) is 0 Å². The molecule has 0 saturated carbocycles. The zero-order chi connectivity index (χ0) is 26.2. The van der Waals surface area contributed by atoms with Crippen molar-refractivity contribution in [2.45, 2.75) is 53.9 Å². The number of nitrogens with two attached hydrogens (primary N) is 1. The van der Waals surface area contributed by atoms with Gasteiger partial charge in [-0.05, 0) is 0 Å². The third-order valence-electron chi connectivity index (χ3n) is 3.95. The molecule has 0 saturated heterocycles. The number of nitrogens with one attached hydrogen (secondary N) is 1. The lowest BCUT2D eigenvalue weighted by Crippen LogP contribution is -2.86. The maximum absolute atomic E-state index is 13.2. The van der Waals surface area contributed by atoms with Crippen LogP contribution in [0.15, 0.2) is 4.99 Å². The topological polar surface area (TPSA) is 53.6 Å². The molecule has 22 heteroatoms. The van der Waals surface area contributed by atoms with Gasteiger partial charge in [0.05, 0.1) is 0 Å². The summed E-state index contributed by atoms with van der Waals surface area (Å²) in [7, 11) is 0. The Morgan fingerprint density at radius 1 is 0.594 bits per heavy atom. The van der Waals surface area contributed by atoms with Crippen LogP contribution in [0, 0.1) is 0 Å². The van der Waals surface area contributed by atoms with Crippen LogP contribution in [0.2, 0.25) is 0 Å². The molecule has 0 aromatic heterocycles. The molecular weight excluding hydrogens is 518 g/mol. The van der Waals surface area contributed by atoms with E-state index in [1.54, 1.807) is 0 Å². The van der Waals surface area contributed by atoms with Gasteiger partial charge in [-0.3, -0.25) is 10.7 Å². The molecule has 0 bridgehead atoms. The number of nitrogens with zero attached hydrogens (tertiary/aromatic N) is 2. The third kappa shape index (κ3) is 3.62. The normalized spacial score (nSPS) is 21.3. The average molecular weight is 522 g/mol. The minimum atomic E-state index is -7.51. The highest BCUT2D eigenvalue weighted by Gasteiger charge is 2.90. The molecule has 0 radical (unpaired) electrons. The number of rotatable bonds is 2. The highest BCUT2D eigenvalue weighted by molar-refractivity contribution is 5.77. The first-order chi connectivity index (χ1) is 13.5. The Balaban J connectivity index is 4.21. The van der Waals surface area contributed by atoms with E-state index in [4.69, 9.17) is 0 Å². The van der Waals surface area contributed by atoms with Crippen molar-refractivity contribution in [2.75, 3.05) is 0 Å². The van der Waals surface area contributed by atoms with Gasteiger partial charge in [0.2, 0.25) is 0 Å². The lowest BCUT2D eigenvalue weighted by Gasteiger charge is -2.50. The highest BCUT2D eigenvalue weighted by atomic mass is 19.4. The molecule has 0 spiro atoms. The molecule has 0 unspecified atom stereocenters. The number of hydrazine groups is 1. The highest BCUT2D eigenvalue weighted by Crippen LogP contribution is 2.59. The number of aliphatic imine (C=N–C) groups is 1. The van der Waals surface area contributed by atoms with Crippen molar-refractivity contribution in [3.05, 3.63) is 0 Å². The van der Waals surface area contributed by atoms with Gasteiger partial charge in [-0.2, -0.15) is 84.0 Å². The van der Waals surface area contributed by atoms with Crippen LogP contribution >= 0.6 is 0 Å². The van der Waals surface area contributed by atoms with Crippen molar-refractivity contribution >= 4 is 6.21 Å². The maximum atomic E-state index is 13.2. The Morgan fingerprint density at radius 2 is 0.906 bits per heavy atom. The van der Waals surface area contributed by atoms with E-state index in [0.29, 0.717) is 0 Å². The summed E-state index contributed by atoms with van der Waals surface area (Å²) in [6.07, 6.45) is -46.7. The van der Waals surface area contributed by atoms with Gasteiger partial charge in [0.1, 0.15) is 0 Å². The molecule has 1 heterocycles. The fourth-order valence-corrected chi connectivity index (χ4v) is 2.31. The molecule has 0 amide bonds. The quantitative estimate of drug-likeness (QED) is 0.420. The van der Waals surface area contributed by atoms with Crippen molar-refractivity contribution in [3.8, 4) is 0 Å². The van der Waals surface area contributed by atoms with Crippen LogP contribution in [0.1, 0.15) is 0 Å². The third-order valence-corrected chi connectivity index (χ3v) is 3.95. The predicted octanol–water partition coefficient (Wildman–Crippen LogP) is 4.34. The summed E-state index contributed by atoms with van der Waals surface area (Å²) in [5, 5.41) is -3.42. The van der Waals surface area contributed by atoms with Gasteiger partial charge in [-0.25, -0.2) is 5.43 Å². The van der Waals surface area contributed by atoms with Crippen LogP contribution in [0.5, 0.6) is 0 Å². The molecule has 4 nitrogen and oxygen atoms in total. The molecule has 0 atom stereocenters. The first kappa shape index (κ1) is 28.3. The predicted molar refractivity (Wildman–Crippen MR) is 62.2 cm³/mol. The summed E-state index contributed by atoms with van der Waals surface area (Å²) in [6, 6.07) is 0. The second-order valence-electron chi connectivity index (χ2n) is 5.94. The average Bonchev–Trinajstić information content (AvgIpc) is 2.80. The Labute approximate surface area is 162 Å². The van der Waals surface area contributed by atoms with Gasteiger partial charge in [-0.15, -0.1) is 0 Å². The van der Waals surface area contributed by atoms with Crippen molar-refractivity contribution in [2.24, 2.45) is 10.7 Å². The minimum absolute atomic E-state index is 1.06. The minimum Gasteiger partial charge on any atom is -0.297 e. The van der Waals surface area contributed by atoms with Crippen molar-refractivity contribution in [3.63, 3.8) is 0 Å². The molecular formula is C10H4F18N4. The molecule has 3 N–H and O–H groups in total. The molecule has 0 fully saturated rings. The van der Waals surface area contributed by atoms with E-state index in [9.17, 15) is 79.0 Å². The smallest absolute Gasteiger partial charge is 0.297 e. The monoisotopic (exact) mass is 522 g/mol. The molecule has 0 aromatic carbocycles. The van der Waals surface area contributed by atoms with Gasteiger partial charge in [0, 0.05) is 6.21 Å². The van der Waals surface area contributed by atoms with Crippen LogP contribution < -0.4 is 11.2 Å².